The number of hydrogen-bond acceptors (Lipinski definition) is 6. The van der Waals surface area contributed by atoms with Gasteiger partial charge in [-0.1, -0.05) is 19.0 Å². The SMILES string of the molecule is Cc1cc(C(=O)NC2CC(C)(C)Cc3nc(-c4ccncc4)ncc32)on1. The number of rotatable bonds is 3. The average Bonchev–Trinajstić information content (AvgIpc) is 3.07. The minimum Gasteiger partial charge on any atom is -0.351 e. The number of aromatic nitrogens is 4. The minimum absolute atomic E-state index is 0.00610. The Hall–Kier alpha value is -3.09. The number of aryl methyl sites for hydroxylation is 1. The summed E-state index contributed by atoms with van der Waals surface area (Å²) in [6, 6.07) is 5.24. The van der Waals surface area contributed by atoms with Gasteiger partial charge in [-0.25, -0.2) is 9.97 Å². The molecule has 7 heteroatoms. The molecule has 4 rings (SSSR count). The molecule has 3 aromatic rings. The van der Waals surface area contributed by atoms with E-state index in [1.165, 1.54) is 0 Å². The van der Waals surface area contributed by atoms with Crippen LogP contribution in [0.4, 0.5) is 0 Å². The summed E-state index contributed by atoms with van der Waals surface area (Å²) in [5.74, 6) is 0.610. The first-order chi connectivity index (χ1) is 12.9. The van der Waals surface area contributed by atoms with Gasteiger partial charge in [-0.15, -0.1) is 0 Å². The number of carbonyl (C=O) groups is 1. The number of nitrogens with one attached hydrogen (secondary N) is 1. The maximum absolute atomic E-state index is 12.5. The van der Waals surface area contributed by atoms with E-state index in [-0.39, 0.29) is 23.1 Å². The minimum atomic E-state index is -0.275. The van der Waals surface area contributed by atoms with Crippen molar-refractivity contribution in [3.8, 4) is 11.4 Å². The molecule has 1 unspecified atom stereocenters. The monoisotopic (exact) mass is 363 g/mol. The molecule has 1 aliphatic rings. The van der Waals surface area contributed by atoms with Crippen molar-refractivity contribution in [2.24, 2.45) is 5.41 Å². The van der Waals surface area contributed by atoms with Crippen LogP contribution in [0.25, 0.3) is 11.4 Å². The van der Waals surface area contributed by atoms with Gasteiger partial charge in [0.1, 0.15) is 0 Å². The molecule has 0 aromatic carbocycles. The van der Waals surface area contributed by atoms with Crippen molar-refractivity contribution in [3.05, 3.63) is 59.5 Å². The third-order valence-electron chi connectivity index (χ3n) is 4.77. The molecular formula is C20H21N5O2. The lowest BCUT2D eigenvalue weighted by Gasteiger charge is -2.36. The second-order valence-electron chi connectivity index (χ2n) is 7.74. The molecule has 3 aromatic heterocycles. The van der Waals surface area contributed by atoms with E-state index in [1.54, 1.807) is 25.4 Å². The predicted molar refractivity (Wildman–Crippen MR) is 98.8 cm³/mol. The van der Waals surface area contributed by atoms with E-state index in [0.29, 0.717) is 11.5 Å². The molecule has 0 saturated heterocycles. The number of amides is 1. The van der Waals surface area contributed by atoms with E-state index in [0.717, 1.165) is 29.7 Å². The van der Waals surface area contributed by atoms with Gasteiger partial charge < -0.3 is 9.84 Å². The summed E-state index contributed by atoms with van der Waals surface area (Å²) in [5, 5.41) is 6.84. The van der Waals surface area contributed by atoms with Crippen LogP contribution in [0.3, 0.4) is 0 Å². The van der Waals surface area contributed by atoms with Gasteiger partial charge in [0, 0.05) is 35.8 Å². The van der Waals surface area contributed by atoms with Crippen molar-refractivity contribution in [1.29, 1.82) is 0 Å². The highest BCUT2D eigenvalue weighted by Crippen LogP contribution is 2.40. The lowest BCUT2D eigenvalue weighted by Crippen LogP contribution is -2.37. The quantitative estimate of drug-likeness (QED) is 0.767. The van der Waals surface area contributed by atoms with Gasteiger partial charge in [0.25, 0.3) is 5.91 Å². The van der Waals surface area contributed by atoms with Crippen LogP contribution in [-0.4, -0.2) is 26.0 Å². The Kier molecular flexibility index (Phi) is 4.22. The summed E-state index contributed by atoms with van der Waals surface area (Å²) in [4.78, 5) is 25.9. The fraction of sp³-hybridized carbons (Fsp3) is 0.350. The smallest absolute Gasteiger partial charge is 0.290 e. The highest BCUT2D eigenvalue weighted by atomic mass is 16.5. The van der Waals surface area contributed by atoms with E-state index in [1.807, 2.05) is 18.3 Å². The Bertz CT molecular complexity index is 981. The third kappa shape index (κ3) is 3.58. The standard InChI is InChI=1S/C20H21N5O2/c1-12-8-17(27-25-12)19(26)24-16-10-20(2,3)9-15-14(16)11-22-18(23-15)13-4-6-21-7-5-13/h4-8,11,16H,9-10H2,1-3H3,(H,24,26). The van der Waals surface area contributed by atoms with Crippen molar-refractivity contribution >= 4 is 5.91 Å². The molecule has 0 fully saturated rings. The van der Waals surface area contributed by atoms with E-state index >= 15 is 0 Å². The van der Waals surface area contributed by atoms with Gasteiger partial charge in [0.15, 0.2) is 5.82 Å². The third-order valence-corrected chi connectivity index (χ3v) is 4.77. The maximum Gasteiger partial charge on any atom is 0.290 e. The molecule has 27 heavy (non-hydrogen) atoms. The molecule has 7 nitrogen and oxygen atoms in total. The first kappa shape index (κ1) is 17.3. The van der Waals surface area contributed by atoms with Gasteiger partial charge >= 0.3 is 0 Å². The normalized spacial score (nSPS) is 18.0. The summed E-state index contributed by atoms with van der Waals surface area (Å²) in [7, 11) is 0. The van der Waals surface area contributed by atoms with Crippen LogP contribution in [-0.2, 0) is 6.42 Å². The van der Waals surface area contributed by atoms with Gasteiger partial charge in [-0.3, -0.25) is 9.78 Å². The fourth-order valence-corrected chi connectivity index (χ4v) is 3.52. The van der Waals surface area contributed by atoms with Crippen LogP contribution in [0.1, 0.15) is 53.8 Å². The molecule has 1 atom stereocenters. The molecule has 1 amide bonds. The Morgan fingerprint density at radius 2 is 2.07 bits per heavy atom. The van der Waals surface area contributed by atoms with Gasteiger partial charge in [-0.05, 0) is 37.3 Å². The van der Waals surface area contributed by atoms with Crippen molar-refractivity contribution in [1.82, 2.24) is 25.4 Å². The number of nitrogens with zero attached hydrogens (tertiary/aromatic N) is 4. The highest BCUT2D eigenvalue weighted by molar-refractivity contribution is 5.91. The topological polar surface area (TPSA) is 93.8 Å². The summed E-state index contributed by atoms with van der Waals surface area (Å²) < 4.78 is 5.09. The molecule has 0 saturated carbocycles. The van der Waals surface area contributed by atoms with Crippen LogP contribution in [0.5, 0.6) is 0 Å². The van der Waals surface area contributed by atoms with Crippen molar-refractivity contribution in [2.45, 2.75) is 39.7 Å². The van der Waals surface area contributed by atoms with E-state index < -0.39 is 0 Å². The van der Waals surface area contributed by atoms with E-state index in [2.05, 4.69) is 34.3 Å². The molecule has 0 bridgehead atoms. The lowest BCUT2D eigenvalue weighted by molar-refractivity contribution is 0.0881. The number of hydrogen-bond donors (Lipinski definition) is 1. The Morgan fingerprint density at radius 3 is 2.78 bits per heavy atom. The molecule has 3 heterocycles. The van der Waals surface area contributed by atoms with Crippen molar-refractivity contribution < 1.29 is 9.32 Å². The molecule has 1 N–H and O–H groups in total. The average molecular weight is 363 g/mol. The predicted octanol–water partition coefficient (Wildman–Crippen LogP) is 3.28. The Balaban J connectivity index is 1.66. The van der Waals surface area contributed by atoms with Crippen LogP contribution >= 0.6 is 0 Å². The summed E-state index contributed by atoms with van der Waals surface area (Å²) in [5.41, 5.74) is 3.53. The molecule has 1 aliphatic carbocycles. The molecule has 138 valence electrons. The van der Waals surface area contributed by atoms with Gasteiger partial charge in [0.05, 0.1) is 17.4 Å². The Morgan fingerprint density at radius 1 is 1.30 bits per heavy atom. The highest BCUT2D eigenvalue weighted by Gasteiger charge is 2.35. The van der Waals surface area contributed by atoms with Crippen LogP contribution in [0.2, 0.25) is 0 Å². The van der Waals surface area contributed by atoms with Crippen LogP contribution in [0.15, 0.2) is 41.3 Å². The zero-order valence-electron chi connectivity index (χ0n) is 15.6. The summed E-state index contributed by atoms with van der Waals surface area (Å²) >= 11 is 0. The van der Waals surface area contributed by atoms with Gasteiger partial charge in [0.2, 0.25) is 5.76 Å². The van der Waals surface area contributed by atoms with Crippen molar-refractivity contribution in [3.63, 3.8) is 0 Å². The molecule has 0 spiro atoms. The number of fused-ring (bicyclic) bond motifs is 1. The van der Waals surface area contributed by atoms with E-state index in [4.69, 9.17) is 9.51 Å². The van der Waals surface area contributed by atoms with Crippen LogP contribution in [0, 0.1) is 12.3 Å². The van der Waals surface area contributed by atoms with Crippen LogP contribution < -0.4 is 5.32 Å². The first-order valence-electron chi connectivity index (χ1n) is 8.92. The second-order valence-corrected chi connectivity index (χ2v) is 7.74. The Labute approximate surface area is 157 Å². The summed E-state index contributed by atoms with van der Waals surface area (Å²) in [6.45, 7) is 6.15. The zero-order valence-corrected chi connectivity index (χ0v) is 15.6. The largest absolute Gasteiger partial charge is 0.351 e. The summed E-state index contributed by atoms with van der Waals surface area (Å²) in [6.07, 6.45) is 6.91. The lowest BCUT2D eigenvalue weighted by atomic mass is 9.74. The van der Waals surface area contributed by atoms with Crippen molar-refractivity contribution in [2.75, 3.05) is 0 Å². The second kappa shape index (κ2) is 6.57. The zero-order chi connectivity index (χ0) is 19.0. The maximum atomic E-state index is 12.5. The number of pyridine rings is 1. The molecular weight excluding hydrogens is 342 g/mol. The molecule has 0 radical (unpaired) electrons. The first-order valence-corrected chi connectivity index (χ1v) is 8.92. The fourth-order valence-electron chi connectivity index (χ4n) is 3.52. The van der Waals surface area contributed by atoms with E-state index in [9.17, 15) is 4.79 Å². The molecule has 0 aliphatic heterocycles. The van der Waals surface area contributed by atoms with Gasteiger partial charge in [-0.2, -0.15) is 0 Å². The number of carbonyl (C=O) groups excluding carboxylic acids is 1.